The molecule has 0 radical (unpaired) electrons. The Hall–Kier alpha value is -5.72. The van der Waals surface area contributed by atoms with E-state index in [0.717, 1.165) is 0 Å². The van der Waals surface area contributed by atoms with Crippen molar-refractivity contribution in [1.29, 1.82) is 0 Å². The van der Waals surface area contributed by atoms with Gasteiger partial charge in [0.25, 0.3) is 0 Å². The summed E-state index contributed by atoms with van der Waals surface area (Å²) in [7, 11) is 0. The molecule has 0 aliphatic heterocycles. The number of hydrogen-bond donors (Lipinski definition) is 0. The largest absolute Gasteiger partial charge is 0.0619 e. The lowest BCUT2D eigenvalue weighted by molar-refractivity contribution is 0.659. The van der Waals surface area contributed by atoms with Gasteiger partial charge in [-0.3, -0.25) is 0 Å². The van der Waals surface area contributed by atoms with E-state index in [4.69, 9.17) is 0 Å². The fourth-order valence-corrected chi connectivity index (χ4v) is 9.24. The minimum atomic E-state index is -0.109. The van der Waals surface area contributed by atoms with Crippen molar-refractivity contribution in [2.24, 2.45) is 0 Å². The summed E-state index contributed by atoms with van der Waals surface area (Å²) in [6.45, 7) is 11.8. The highest BCUT2D eigenvalue weighted by Crippen LogP contribution is 2.52. The fraction of sp³-hybridized carbons (Fsp3) is 0.137. The van der Waals surface area contributed by atoms with Gasteiger partial charge in [-0.05, 0) is 148 Å². The van der Waals surface area contributed by atoms with Crippen molar-refractivity contribution in [3.8, 4) is 55.6 Å². The molecule has 0 nitrogen and oxygen atoms in total. The predicted molar refractivity (Wildman–Crippen MR) is 218 cm³/mol. The molecule has 0 atom stereocenters. The average Bonchev–Trinajstić information content (AvgIpc) is 3.52. The monoisotopic (exact) mass is 652 g/mol. The zero-order valence-corrected chi connectivity index (χ0v) is 29.9. The van der Waals surface area contributed by atoms with Crippen molar-refractivity contribution in [2.45, 2.75) is 45.4 Å². The van der Waals surface area contributed by atoms with E-state index in [2.05, 4.69) is 186 Å². The van der Waals surface area contributed by atoms with Crippen LogP contribution in [0, 0.1) is 6.92 Å². The van der Waals surface area contributed by atoms with Crippen LogP contribution >= 0.6 is 0 Å². The lowest BCUT2D eigenvalue weighted by Crippen LogP contribution is -2.15. The van der Waals surface area contributed by atoms with E-state index in [0.29, 0.717) is 0 Å². The third-order valence-electron chi connectivity index (χ3n) is 12.2. The molecule has 244 valence electrons. The van der Waals surface area contributed by atoms with Crippen LogP contribution in [0.25, 0.3) is 77.2 Å². The molecular weight excluding hydrogens is 613 g/mol. The van der Waals surface area contributed by atoms with Gasteiger partial charge in [0.2, 0.25) is 0 Å². The van der Waals surface area contributed by atoms with E-state index in [1.54, 1.807) is 0 Å². The van der Waals surface area contributed by atoms with Crippen LogP contribution in [0.15, 0.2) is 152 Å². The highest BCUT2D eigenvalue weighted by Gasteiger charge is 2.37. The first-order chi connectivity index (χ1) is 24.7. The van der Waals surface area contributed by atoms with Crippen molar-refractivity contribution < 1.29 is 0 Å². The van der Waals surface area contributed by atoms with Gasteiger partial charge in [0.15, 0.2) is 0 Å². The second-order valence-corrected chi connectivity index (χ2v) is 15.9. The molecule has 2 aliphatic carbocycles. The molecule has 8 aromatic carbocycles. The van der Waals surface area contributed by atoms with Crippen molar-refractivity contribution in [3.05, 3.63) is 179 Å². The van der Waals surface area contributed by atoms with Crippen LogP contribution in [-0.2, 0) is 10.8 Å². The molecule has 0 aromatic heterocycles. The highest BCUT2D eigenvalue weighted by atomic mass is 14.4. The van der Waals surface area contributed by atoms with Gasteiger partial charge in [-0.15, -0.1) is 0 Å². The second-order valence-electron chi connectivity index (χ2n) is 15.9. The molecule has 10 rings (SSSR count). The van der Waals surface area contributed by atoms with Gasteiger partial charge in [-0.25, -0.2) is 0 Å². The van der Waals surface area contributed by atoms with E-state index >= 15 is 0 Å². The fourth-order valence-electron chi connectivity index (χ4n) is 9.24. The van der Waals surface area contributed by atoms with E-state index in [1.165, 1.54) is 105 Å². The van der Waals surface area contributed by atoms with Gasteiger partial charge in [0, 0.05) is 10.8 Å². The van der Waals surface area contributed by atoms with Gasteiger partial charge < -0.3 is 0 Å². The minimum absolute atomic E-state index is 0.00894. The first-order valence-electron chi connectivity index (χ1n) is 18.2. The Morgan fingerprint density at radius 3 is 1.39 bits per heavy atom. The average molecular weight is 653 g/mol. The SMILES string of the molecule is Cc1cc2cc(-c3ccc4ccccc4c3)ccc2cc1-c1ccc2c(c1)C(C)(C)c1cc(-c3ccc4c(c3)C(C)(C)c3ccccc3-4)ccc1-2. The van der Waals surface area contributed by atoms with Crippen LogP contribution in [-0.4, -0.2) is 0 Å². The summed E-state index contributed by atoms with van der Waals surface area (Å²) in [4.78, 5) is 0. The van der Waals surface area contributed by atoms with Crippen LogP contribution in [0.4, 0.5) is 0 Å². The maximum atomic E-state index is 2.46. The molecule has 0 bridgehead atoms. The van der Waals surface area contributed by atoms with Crippen LogP contribution in [0.1, 0.15) is 55.5 Å². The molecule has 0 N–H and O–H groups in total. The molecule has 0 unspecified atom stereocenters. The Morgan fingerprint density at radius 1 is 0.294 bits per heavy atom. The molecule has 8 aromatic rings. The molecule has 51 heavy (non-hydrogen) atoms. The summed E-state index contributed by atoms with van der Waals surface area (Å²) in [5.74, 6) is 0. The first kappa shape index (κ1) is 30.1. The highest BCUT2D eigenvalue weighted by molar-refractivity contribution is 5.95. The number of rotatable bonds is 3. The molecule has 0 amide bonds. The van der Waals surface area contributed by atoms with Crippen LogP contribution in [0.2, 0.25) is 0 Å². The molecule has 0 fully saturated rings. The molecule has 2 aliphatic rings. The summed E-state index contributed by atoms with van der Waals surface area (Å²) in [6, 6.07) is 57.3. The normalized spacial score (nSPS) is 14.7. The maximum absolute atomic E-state index is 2.46. The Bertz CT molecular complexity index is 2750. The summed E-state index contributed by atoms with van der Waals surface area (Å²) >= 11 is 0. The quantitative estimate of drug-likeness (QED) is 0.178. The zero-order valence-electron chi connectivity index (χ0n) is 29.9. The van der Waals surface area contributed by atoms with E-state index in [1.807, 2.05) is 0 Å². The molecule has 0 spiro atoms. The minimum Gasteiger partial charge on any atom is -0.0619 e. The van der Waals surface area contributed by atoms with Crippen LogP contribution in [0.5, 0.6) is 0 Å². The maximum Gasteiger partial charge on any atom is 0.0159 e. The standard InChI is InChI=1S/C51H40/c1-31-24-40-26-35(34-15-14-32-10-6-7-11-33(32)25-34)16-17-36(40)27-45(31)39-20-23-44-43-22-19-38(29-48(43)51(4,5)49(44)30-39)37-18-21-42-41-12-8-9-13-46(41)50(2,3)47(42)28-37/h6-30H,1-5H3. The summed E-state index contributed by atoms with van der Waals surface area (Å²) in [5.41, 5.74) is 20.0. The van der Waals surface area contributed by atoms with Gasteiger partial charge >= 0.3 is 0 Å². The summed E-state index contributed by atoms with van der Waals surface area (Å²) < 4.78 is 0. The number of benzene rings is 8. The third kappa shape index (κ3) is 4.46. The smallest absolute Gasteiger partial charge is 0.0159 e. The predicted octanol–water partition coefficient (Wildman–Crippen LogP) is 13.9. The lowest BCUT2D eigenvalue weighted by Gasteiger charge is -2.24. The topological polar surface area (TPSA) is 0 Å². The van der Waals surface area contributed by atoms with Gasteiger partial charge in [0.05, 0.1) is 0 Å². The Labute approximate surface area is 301 Å². The lowest BCUT2D eigenvalue weighted by atomic mass is 9.80. The number of hydrogen-bond acceptors (Lipinski definition) is 0. The van der Waals surface area contributed by atoms with Crippen molar-refractivity contribution in [2.75, 3.05) is 0 Å². The van der Waals surface area contributed by atoms with Crippen molar-refractivity contribution in [1.82, 2.24) is 0 Å². The van der Waals surface area contributed by atoms with E-state index in [-0.39, 0.29) is 10.8 Å². The second kappa shape index (κ2) is 10.6. The van der Waals surface area contributed by atoms with Gasteiger partial charge in [0.1, 0.15) is 0 Å². The molecular formula is C51H40. The Morgan fingerprint density at radius 2 is 0.725 bits per heavy atom. The number of aryl methyl sites for hydroxylation is 1. The molecule has 0 heterocycles. The zero-order chi connectivity index (χ0) is 34.6. The van der Waals surface area contributed by atoms with E-state index < -0.39 is 0 Å². The van der Waals surface area contributed by atoms with E-state index in [9.17, 15) is 0 Å². The Balaban J connectivity index is 0.994. The molecule has 0 saturated carbocycles. The van der Waals surface area contributed by atoms with Gasteiger partial charge in [-0.2, -0.15) is 0 Å². The van der Waals surface area contributed by atoms with Crippen LogP contribution < -0.4 is 0 Å². The molecule has 0 saturated heterocycles. The summed E-state index contributed by atoms with van der Waals surface area (Å²) in [6.07, 6.45) is 0. The van der Waals surface area contributed by atoms with Gasteiger partial charge in [-0.1, -0.05) is 143 Å². The number of fused-ring (bicyclic) bond motifs is 8. The summed E-state index contributed by atoms with van der Waals surface area (Å²) in [5, 5.41) is 5.10. The first-order valence-corrected chi connectivity index (χ1v) is 18.2. The van der Waals surface area contributed by atoms with Crippen LogP contribution in [0.3, 0.4) is 0 Å². The van der Waals surface area contributed by atoms with Crippen molar-refractivity contribution >= 4 is 21.5 Å². The third-order valence-corrected chi connectivity index (χ3v) is 12.2. The Kier molecular flexibility index (Phi) is 6.29. The molecule has 0 heteroatoms. The van der Waals surface area contributed by atoms with Crippen molar-refractivity contribution in [3.63, 3.8) is 0 Å².